The Morgan fingerprint density at radius 1 is 0.364 bits per heavy atom. The monoisotopic (exact) mass is 1020 g/mol. The zero-order valence-electron chi connectivity index (χ0n) is 19.2. The van der Waals surface area contributed by atoms with Crippen LogP contribution in [0, 0.1) is 0 Å². The molecule has 0 amide bonds. The Balaban J connectivity index is 3.84. The molecule has 0 saturated heterocycles. The molecule has 0 aromatic heterocycles. The quantitative estimate of drug-likeness (QED) is 0.162. The van der Waals surface area contributed by atoms with E-state index in [1.54, 1.807) is 0 Å². The van der Waals surface area contributed by atoms with Crippen molar-refractivity contribution in [3.05, 3.63) is 153 Å². The fraction of sp³-hybridized carbons (Fsp3) is 0. The van der Waals surface area contributed by atoms with Crippen LogP contribution in [0.3, 0.4) is 0 Å². The molecule has 0 nitrogen and oxygen atoms in total. The van der Waals surface area contributed by atoms with Crippen LogP contribution in [0.25, 0.3) is 0 Å². The first-order chi connectivity index (χ1) is 16.1. The molecular formula is C30H33Bi3. The van der Waals surface area contributed by atoms with Crippen molar-refractivity contribution in [3.8, 4) is 0 Å². The van der Waals surface area contributed by atoms with Gasteiger partial charge in [0.1, 0.15) is 0 Å². The third kappa shape index (κ3) is 11.6. The van der Waals surface area contributed by atoms with Crippen molar-refractivity contribution in [1.29, 1.82) is 0 Å². The first-order valence-corrected chi connectivity index (χ1v) is 27.7. The van der Waals surface area contributed by atoms with Crippen molar-refractivity contribution in [1.82, 2.24) is 0 Å². The second kappa shape index (κ2) is 19.1. The molecule has 0 N–H and O–H groups in total. The molecule has 0 bridgehead atoms. The molecule has 1 aromatic carbocycles. The minimum atomic E-state index is -2.25. The number of hydrogen-bond acceptors (Lipinski definition) is 0. The van der Waals surface area contributed by atoms with E-state index in [4.69, 9.17) is 0 Å². The fourth-order valence-electron chi connectivity index (χ4n) is 2.61. The second-order valence-electron chi connectivity index (χ2n) is 6.39. The Kier molecular flexibility index (Phi) is 17.2. The third-order valence-corrected chi connectivity index (χ3v) is 25.6. The molecule has 0 saturated carbocycles. The van der Waals surface area contributed by atoms with Crippen LogP contribution in [0.2, 0.25) is 0 Å². The second-order valence-corrected chi connectivity index (χ2v) is 28.9. The van der Waals surface area contributed by atoms with Gasteiger partial charge in [-0.1, -0.05) is 0 Å². The van der Waals surface area contributed by atoms with Crippen LogP contribution in [0.5, 0.6) is 0 Å². The average molecular weight is 1020 g/mol. The minimum absolute atomic E-state index is 1.49. The summed E-state index contributed by atoms with van der Waals surface area (Å²) in [5.41, 5.74) is 0. The maximum atomic E-state index is 3.88. The van der Waals surface area contributed by atoms with E-state index in [1.165, 1.54) is 9.81 Å². The van der Waals surface area contributed by atoms with Gasteiger partial charge in [-0.05, 0) is 0 Å². The fourth-order valence-corrected chi connectivity index (χ4v) is 26.7. The number of allylic oxidation sites excluding steroid dienone is 12. The van der Waals surface area contributed by atoms with Gasteiger partial charge in [0.25, 0.3) is 0 Å². The van der Waals surface area contributed by atoms with Gasteiger partial charge in [-0.25, -0.2) is 0 Å². The molecular weight excluding hydrogens is 987 g/mol. The van der Waals surface area contributed by atoms with Gasteiger partial charge >= 0.3 is 228 Å². The third-order valence-electron chi connectivity index (χ3n) is 4.08. The Bertz CT molecular complexity index is 805. The molecule has 33 heavy (non-hydrogen) atoms. The zero-order chi connectivity index (χ0) is 24.3. The molecule has 0 aliphatic rings. The molecule has 168 valence electrons. The molecule has 0 heterocycles. The van der Waals surface area contributed by atoms with Crippen molar-refractivity contribution in [3.63, 3.8) is 0 Å². The van der Waals surface area contributed by atoms with Gasteiger partial charge in [-0.3, -0.25) is 0 Å². The number of benzene rings is 1. The summed E-state index contributed by atoms with van der Waals surface area (Å²) in [7, 11) is 0. The normalized spacial score (nSPS) is 12.5. The van der Waals surface area contributed by atoms with E-state index >= 15 is 0 Å². The summed E-state index contributed by atoms with van der Waals surface area (Å²) in [4.78, 5) is 0. The Morgan fingerprint density at radius 3 is 0.697 bits per heavy atom. The van der Waals surface area contributed by atoms with Gasteiger partial charge < -0.3 is 0 Å². The molecule has 0 radical (unpaired) electrons. The van der Waals surface area contributed by atoms with Crippen molar-refractivity contribution in [2.45, 2.75) is 0 Å². The van der Waals surface area contributed by atoms with E-state index < -0.39 is 65.3 Å². The van der Waals surface area contributed by atoms with Crippen LogP contribution in [0.4, 0.5) is 0 Å². The number of rotatable bonds is 15. The van der Waals surface area contributed by atoms with E-state index in [0.29, 0.717) is 0 Å². The van der Waals surface area contributed by atoms with Crippen LogP contribution < -0.4 is 9.81 Å². The van der Waals surface area contributed by atoms with E-state index in [9.17, 15) is 0 Å². The Hall–Kier alpha value is -1.25. The van der Waals surface area contributed by atoms with Gasteiger partial charge in [-0.2, -0.15) is 0 Å². The van der Waals surface area contributed by atoms with Gasteiger partial charge in [-0.15, -0.1) is 0 Å². The molecule has 0 fully saturated rings. The van der Waals surface area contributed by atoms with Gasteiger partial charge in [0.2, 0.25) is 0 Å². The maximum absolute atomic E-state index is 3.88. The molecule has 0 unspecified atom stereocenters. The van der Waals surface area contributed by atoms with E-state index in [2.05, 4.69) is 117 Å². The van der Waals surface area contributed by atoms with Crippen molar-refractivity contribution in [2.24, 2.45) is 0 Å². The topological polar surface area (TPSA) is 0 Å². The predicted molar refractivity (Wildman–Crippen MR) is 159 cm³/mol. The number of hydrogen-bond donors (Lipinski definition) is 0. The van der Waals surface area contributed by atoms with Crippen molar-refractivity contribution < 1.29 is 0 Å². The molecule has 0 aliphatic heterocycles. The predicted octanol–water partition coefficient (Wildman–Crippen LogP) is 5.48. The van der Waals surface area contributed by atoms with Crippen molar-refractivity contribution in [2.75, 3.05) is 0 Å². The summed E-state index contributed by atoms with van der Waals surface area (Å²) in [6.45, 7) is 23.3. The molecule has 0 aliphatic carbocycles. The molecule has 0 spiro atoms. The van der Waals surface area contributed by atoms with E-state index in [-0.39, 0.29) is 0 Å². The van der Waals surface area contributed by atoms with Crippen molar-refractivity contribution >= 4 is 75.1 Å². The van der Waals surface area contributed by atoms with Crippen LogP contribution in [-0.4, -0.2) is 65.3 Å². The molecule has 3 heteroatoms. The summed E-state index contributed by atoms with van der Waals surface area (Å²) in [6, 6.07) is 7.41. The van der Waals surface area contributed by atoms with E-state index in [1.807, 2.05) is 36.5 Å². The van der Waals surface area contributed by atoms with Gasteiger partial charge in [0.15, 0.2) is 0 Å². The summed E-state index contributed by atoms with van der Waals surface area (Å²) in [5.74, 6) is 0. The standard InChI is InChI=1S/C6H3.6C4H5.3Bi/c1-2-4-6-5-3-1;6*1-3-4-2;;;/h1,4-5H;6*1,3-4H,2H2;;;. The molecule has 1 aromatic rings. The van der Waals surface area contributed by atoms with Crippen LogP contribution >= 0.6 is 0 Å². The van der Waals surface area contributed by atoms with Crippen LogP contribution in [0.15, 0.2) is 153 Å². The van der Waals surface area contributed by atoms with Crippen LogP contribution in [0.1, 0.15) is 0 Å². The average Bonchev–Trinajstić information content (AvgIpc) is 2.84. The Morgan fingerprint density at radius 2 is 0.545 bits per heavy atom. The zero-order valence-corrected chi connectivity index (χ0v) is 29.6. The summed E-state index contributed by atoms with van der Waals surface area (Å²) in [5, 5.41) is 0. The summed E-state index contributed by atoms with van der Waals surface area (Å²) < 4.78 is 18.8. The van der Waals surface area contributed by atoms with Gasteiger partial charge in [0, 0.05) is 0 Å². The summed E-state index contributed by atoms with van der Waals surface area (Å²) in [6.07, 6.45) is 23.8. The first-order valence-electron chi connectivity index (χ1n) is 10.4. The Labute approximate surface area is 225 Å². The SMILES string of the molecule is C=CC=[CH][Bi]([CH]=CC=C)[c]1c[c]([Bi]([CH]=CC=C)[CH]=CC=C)c[c]([Bi]([CH]=CC=C)[CH]=CC=C)c1. The van der Waals surface area contributed by atoms with Crippen LogP contribution in [-0.2, 0) is 0 Å². The molecule has 0 atom stereocenters. The molecule has 1 rings (SSSR count). The first kappa shape index (κ1) is 29.8. The van der Waals surface area contributed by atoms with Gasteiger partial charge in [0.05, 0.1) is 0 Å². The summed E-state index contributed by atoms with van der Waals surface area (Å²) >= 11 is -6.76. The van der Waals surface area contributed by atoms with E-state index in [0.717, 1.165) is 0 Å².